The average molecular weight is 238 g/mol. The molecule has 0 aromatic carbocycles. The van der Waals surface area contributed by atoms with E-state index < -0.39 is 0 Å². The largest absolute Gasteiger partial charge is 0.378 e. The van der Waals surface area contributed by atoms with E-state index in [1.165, 1.54) is 6.42 Å². The molecule has 0 aromatic heterocycles. The Morgan fingerprint density at radius 2 is 1.88 bits per heavy atom. The van der Waals surface area contributed by atoms with Crippen molar-refractivity contribution in [2.75, 3.05) is 7.11 Å². The summed E-state index contributed by atoms with van der Waals surface area (Å²) in [5.74, 6) is 0.706. The Morgan fingerprint density at radius 1 is 1.29 bits per heavy atom. The van der Waals surface area contributed by atoms with Gasteiger partial charge in [-0.15, -0.1) is 0 Å². The van der Waals surface area contributed by atoms with Crippen molar-refractivity contribution in [2.45, 2.75) is 65.4 Å². The topological polar surface area (TPSA) is 26.3 Å². The van der Waals surface area contributed by atoms with Crippen LogP contribution >= 0.6 is 0 Å². The number of methoxy groups -OCH3 is 1. The molecule has 0 heterocycles. The molecule has 0 N–H and O–H groups in total. The highest BCUT2D eigenvalue weighted by molar-refractivity contribution is 5.78. The number of carbonyl (C=O) groups excluding carboxylic acids is 1. The monoisotopic (exact) mass is 238 g/mol. The maximum atomic E-state index is 11.5. The van der Waals surface area contributed by atoms with Crippen LogP contribution in [-0.2, 0) is 9.53 Å². The van der Waals surface area contributed by atoms with Crippen LogP contribution in [0.5, 0.6) is 0 Å². The minimum absolute atomic E-state index is 0.0404. The molecular weight excluding hydrogens is 212 g/mol. The highest BCUT2D eigenvalue weighted by Crippen LogP contribution is 2.65. The lowest BCUT2D eigenvalue weighted by Crippen LogP contribution is -2.59. The Bertz CT molecular complexity index is 318. The van der Waals surface area contributed by atoms with Crippen LogP contribution in [0.2, 0.25) is 0 Å². The van der Waals surface area contributed by atoms with E-state index in [-0.39, 0.29) is 11.0 Å². The molecule has 2 rings (SSSR count). The van der Waals surface area contributed by atoms with Gasteiger partial charge < -0.3 is 4.74 Å². The number of hydrogen-bond donors (Lipinski definition) is 0. The second-order valence-corrected chi connectivity index (χ2v) is 7.35. The van der Waals surface area contributed by atoms with Gasteiger partial charge in [0.2, 0.25) is 0 Å². The van der Waals surface area contributed by atoms with Gasteiger partial charge >= 0.3 is 0 Å². The third kappa shape index (κ3) is 1.95. The van der Waals surface area contributed by atoms with Gasteiger partial charge in [0.15, 0.2) is 0 Å². The predicted octanol–water partition coefficient (Wildman–Crippen LogP) is 3.59. The minimum Gasteiger partial charge on any atom is -0.378 e. The molecule has 2 aliphatic carbocycles. The standard InChI is InChI=1S/C15H26O2/c1-11(16)12-6-7-14(8-12)9-15(10-14,17-5)13(2,3)4/h12H,6-10H2,1-5H3. The van der Waals surface area contributed by atoms with Crippen molar-refractivity contribution < 1.29 is 9.53 Å². The van der Waals surface area contributed by atoms with Gasteiger partial charge in [-0.3, -0.25) is 4.79 Å². The van der Waals surface area contributed by atoms with E-state index in [0.29, 0.717) is 17.1 Å². The lowest BCUT2D eigenvalue weighted by atomic mass is 9.50. The fourth-order valence-electron chi connectivity index (χ4n) is 4.02. The first-order valence-corrected chi connectivity index (χ1v) is 6.79. The number of rotatable bonds is 2. The van der Waals surface area contributed by atoms with E-state index in [4.69, 9.17) is 4.74 Å². The predicted molar refractivity (Wildman–Crippen MR) is 68.9 cm³/mol. The summed E-state index contributed by atoms with van der Waals surface area (Å²) in [7, 11) is 1.84. The van der Waals surface area contributed by atoms with Crippen molar-refractivity contribution in [3.8, 4) is 0 Å². The van der Waals surface area contributed by atoms with Crippen molar-refractivity contribution in [3.05, 3.63) is 0 Å². The lowest BCUT2D eigenvalue weighted by Gasteiger charge is -2.60. The van der Waals surface area contributed by atoms with E-state index in [9.17, 15) is 4.79 Å². The summed E-state index contributed by atoms with van der Waals surface area (Å²) < 4.78 is 5.84. The summed E-state index contributed by atoms with van der Waals surface area (Å²) in [6, 6.07) is 0. The lowest BCUT2D eigenvalue weighted by molar-refractivity contribution is -0.207. The van der Waals surface area contributed by atoms with Gasteiger partial charge in [-0.1, -0.05) is 20.8 Å². The van der Waals surface area contributed by atoms with Gasteiger partial charge in [0, 0.05) is 13.0 Å². The molecule has 2 fully saturated rings. The van der Waals surface area contributed by atoms with Crippen LogP contribution in [0.25, 0.3) is 0 Å². The normalized spacial score (nSPS) is 41.6. The number of carbonyl (C=O) groups is 1. The molecule has 0 radical (unpaired) electrons. The van der Waals surface area contributed by atoms with Crippen LogP contribution in [0, 0.1) is 16.7 Å². The van der Waals surface area contributed by atoms with E-state index in [1.54, 1.807) is 6.92 Å². The third-order valence-corrected chi connectivity index (χ3v) is 5.36. The second kappa shape index (κ2) is 3.81. The molecule has 2 saturated carbocycles. The third-order valence-electron chi connectivity index (χ3n) is 5.36. The van der Waals surface area contributed by atoms with Gasteiger partial charge in [-0.05, 0) is 49.9 Å². The zero-order valence-corrected chi connectivity index (χ0v) is 11.9. The van der Waals surface area contributed by atoms with Gasteiger partial charge in [-0.25, -0.2) is 0 Å². The van der Waals surface area contributed by atoms with Gasteiger partial charge in [0.1, 0.15) is 5.78 Å². The molecule has 2 nitrogen and oxygen atoms in total. The Labute approximate surface area is 105 Å². The molecule has 1 atom stereocenters. The number of hydrogen-bond acceptors (Lipinski definition) is 2. The van der Waals surface area contributed by atoms with Crippen LogP contribution < -0.4 is 0 Å². The van der Waals surface area contributed by atoms with Gasteiger partial charge in [0.25, 0.3) is 0 Å². The zero-order valence-electron chi connectivity index (χ0n) is 11.9. The minimum atomic E-state index is 0.0404. The van der Waals surface area contributed by atoms with Crippen molar-refractivity contribution in [1.29, 1.82) is 0 Å². The van der Waals surface area contributed by atoms with Crippen molar-refractivity contribution >= 4 is 5.78 Å². The summed E-state index contributed by atoms with van der Waals surface area (Å²) in [6.45, 7) is 8.54. The van der Waals surface area contributed by atoms with E-state index >= 15 is 0 Å². The first-order chi connectivity index (χ1) is 7.74. The van der Waals surface area contributed by atoms with Crippen LogP contribution in [0.15, 0.2) is 0 Å². The number of ether oxygens (including phenoxy) is 1. The number of Topliss-reactive ketones (excluding diaryl/α,β-unsaturated/α-hetero) is 1. The molecule has 0 saturated heterocycles. The molecule has 2 aliphatic rings. The summed E-state index contributed by atoms with van der Waals surface area (Å²) in [5.41, 5.74) is 0.652. The summed E-state index contributed by atoms with van der Waals surface area (Å²) in [4.78, 5) is 11.5. The summed E-state index contributed by atoms with van der Waals surface area (Å²) >= 11 is 0. The SMILES string of the molecule is COC1(C(C)(C)C)CC2(CCC(C(C)=O)C2)C1. The first-order valence-electron chi connectivity index (χ1n) is 6.79. The smallest absolute Gasteiger partial charge is 0.132 e. The quantitative estimate of drug-likeness (QED) is 0.735. The van der Waals surface area contributed by atoms with E-state index in [1.807, 2.05) is 7.11 Å². The van der Waals surface area contributed by atoms with Crippen molar-refractivity contribution in [2.24, 2.45) is 16.7 Å². The van der Waals surface area contributed by atoms with Crippen LogP contribution in [0.4, 0.5) is 0 Å². The fourth-order valence-corrected chi connectivity index (χ4v) is 4.02. The maximum Gasteiger partial charge on any atom is 0.132 e. The van der Waals surface area contributed by atoms with Gasteiger partial charge in [0.05, 0.1) is 5.60 Å². The molecule has 0 amide bonds. The molecule has 1 spiro atoms. The Hall–Kier alpha value is -0.370. The molecule has 17 heavy (non-hydrogen) atoms. The Kier molecular flexibility index (Phi) is 2.93. The molecule has 0 bridgehead atoms. The summed E-state index contributed by atoms with van der Waals surface area (Å²) in [6.07, 6.45) is 5.70. The molecule has 2 heteroatoms. The summed E-state index contributed by atoms with van der Waals surface area (Å²) in [5, 5.41) is 0. The fraction of sp³-hybridized carbons (Fsp3) is 0.933. The highest BCUT2D eigenvalue weighted by atomic mass is 16.5. The highest BCUT2D eigenvalue weighted by Gasteiger charge is 2.62. The second-order valence-electron chi connectivity index (χ2n) is 7.35. The molecule has 98 valence electrons. The van der Waals surface area contributed by atoms with Crippen LogP contribution in [0.3, 0.4) is 0 Å². The molecular formula is C15H26O2. The van der Waals surface area contributed by atoms with Crippen LogP contribution in [-0.4, -0.2) is 18.5 Å². The van der Waals surface area contributed by atoms with Crippen LogP contribution in [0.1, 0.15) is 59.8 Å². The molecule has 1 unspecified atom stereocenters. The maximum absolute atomic E-state index is 11.5. The molecule has 0 aromatic rings. The van der Waals surface area contributed by atoms with Crippen molar-refractivity contribution in [3.63, 3.8) is 0 Å². The average Bonchev–Trinajstić information content (AvgIpc) is 2.57. The number of ketones is 1. The zero-order chi connectivity index (χ0) is 12.9. The van der Waals surface area contributed by atoms with E-state index in [2.05, 4.69) is 20.8 Å². The van der Waals surface area contributed by atoms with Crippen molar-refractivity contribution in [1.82, 2.24) is 0 Å². The molecule has 0 aliphatic heterocycles. The van der Waals surface area contributed by atoms with Gasteiger partial charge in [-0.2, -0.15) is 0 Å². The Morgan fingerprint density at radius 3 is 2.24 bits per heavy atom. The van der Waals surface area contributed by atoms with E-state index in [0.717, 1.165) is 25.7 Å². The Balaban J connectivity index is 2.05. The first kappa shape index (κ1) is 13.1.